The summed E-state index contributed by atoms with van der Waals surface area (Å²) in [5.41, 5.74) is -1.32. The second-order valence-electron chi connectivity index (χ2n) is 7.51. The zero-order valence-electron chi connectivity index (χ0n) is 14.3. The van der Waals surface area contributed by atoms with Crippen LogP contribution in [0.25, 0.3) is 0 Å². The van der Waals surface area contributed by atoms with Crippen molar-refractivity contribution >= 4 is 12.0 Å². The Balaban J connectivity index is 2.04. The normalized spacial score (nSPS) is 22.5. The van der Waals surface area contributed by atoms with Gasteiger partial charge in [0.05, 0.1) is 0 Å². The molecule has 0 aromatic heterocycles. The van der Waals surface area contributed by atoms with Crippen LogP contribution in [0.3, 0.4) is 0 Å². The maximum atomic E-state index is 13.0. The number of nitrogens with one attached hydrogen (secondary N) is 1. The summed E-state index contributed by atoms with van der Waals surface area (Å²) in [6.07, 6.45) is 2.86. The number of carbonyl (C=O) groups is 2. The van der Waals surface area contributed by atoms with Gasteiger partial charge in [-0.25, -0.2) is 4.79 Å². The summed E-state index contributed by atoms with van der Waals surface area (Å²) in [4.78, 5) is 29.2. The fourth-order valence-electron chi connectivity index (χ4n) is 3.18. The molecule has 6 nitrogen and oxygen atoms in total. The van der Waals surface area contributed by atoms with Crippen molar-refractivity contribution in [2.45, 2.75) is 57.6 Å². The van der Waals surface area contributed by atoms with Crippen molar-refractivity contribution in [1.29, 1.82) is 0 Å². The Hall–Kier alpha value is -1.30. The summed E-state index contributed by atoms with van der Waals surface area (Å²) in [5, 5.41) is 2.89. The molecule has 0 bridgehead atoms. The lowest BCUT2D eigenvalue weighted by atomic mass is 9.95. The van der Waals surface area contributed by atoms with Gasteiger partial charge in [0, 0.05) is 26.2 Å². The molecule has 6 heteroatoms. The highest BCUT2D eigenvalue weighted by atomic mass is 16.6. The average Bonchev–Trinajstić information content (AvgIpc) is 2.86. The van der Waals surface area contributed by atoms with Crippen LogP contribution in [0, 0.1) is 0 Å². The summed E-state index contributed by atoms with van der Waals surface area (Å²) in [5.74, 6) is 0.0592. The Morgan fingerprint density at radius 2 is 1.59 bits per heavy atom. The van der Waals surface area contributed by atoms with Crippen LogP contribution in [0.1, 0.15) is 46.5 Å². The van der Waals surface area contributed by atoms with Crippen LogP contribution in [0.2, 0.25) is 0 Å². The summed E-state index contributed by atoms with van der Waals surface area (Å²) in [7, 11) is 2.06. The number of carbonyl (C=O) groups excluding carboxylic acids is 2. The zero-order valence-corrected chi connectivity index (χ0v) is 14.3. The minimum Gasteiger partial charge on any atom is -0.444 e. The number of amides is 2. The van der Waals surface area contributed by atoms with Gasteiger partial charge < -0.3 is 19.9 Å². The first-order valence-corrected chi connectivity index (χ1v) is 8.21. The van der Waals surface area contributed by atoms with E-state index in [2.05, 4.69) is 17.3 Å². The second kappa shape index (κ2) is 6.44. The van der Waals surface area contributed by atoms with Crippen molar-refractivity contribution in [3.8, 4) is 0 Å². The van der Waals surface area contributed by atoms with Gasteiger partial charge in [0.2, 0.25) is 5.91 Å². The Kier molecular flexibility index (Phi) is 5.00. The van der Waals surface area contributed by atoms with Crippen molar-refractivity contribution in [1.82, 2.24) is 15.1 Å². The molecule has 126 valence electrons. The molecule has 2 fully saturated rings. The van der Waals surface area contributed by atoms with Gasteiger partial charge in [-0.1, -0.05) is 12.8 Å². The van der Waals surface area contributed by atoms with E-state index in [-0.39, 0.29) is 5.91 Å². The molecular formula is C16H29N3O3. The van der Waals surface area contributed by atoms with Crippen LogP contribution in [-0.2, 0) is 9.53 Å². The average molecular weight is 311 g/mol. The van der Waals surface area contributed by atoms with E-state index in [1.807, 2.05) is 25.7 Å². The molecule has 0 atom stereocenters. The first-order chi connectivity index (χ1) is 10.2. The number of hydrogen-bond donors (Lipinski definition) is 1. The molecule has 2 rings (SSSR count). The van der Waals surface area contributed by atoms with E-state index in [4.69, 9.17) is 4.74 Å². The molecular weight excluding hydrogens is 282 g/mol. The van der Waals surface area contributed by atoms with Crippen LogP contribution in [0.4, 0.5) is 4.79 Å². The van der Waals surface area contributed by atoms with Gasteiger partial charge in [-0.05, 0) is 40.7 Å². The van der Waals surface area contributed by atoms with E-state index >= 15 is 0 Å². The molecule has 1 saturated heterocycles. The van der Waals surface area contributed by atoms with E-state index < -0.39 is 17.2 Å². The number of hydrogen-bond acceptors (Lipinski definition) is 4. The molecule has 1 aliphatic heterocycles. The maximum Gasteiger partial charge on any atom is 0.408 e. The van der Waals surface area contributed by atoms with Gasteiger partial charge in [0.25, 0.3) is 0 Å². The molecule has 0 spiro atoms. The van der Waals surface area contributed by atoms with Crippen molar-refractivity contribution in [3.05, 3.63) is 0 Å². The molecule has 0 radical (unpaired) electrons. The number of alkyl carbamates (subject to hydrolysis) is 1. The van der Waals surface area contributed by atoms with Gasteiger partial charge in [-0.2, -0.15) is 0 Å². The van der Waals surface area contributed by atoms with Gasteiger partial charge in [0.1, 0.15) is 11.1 Å². The van der Waals surface area contributed by atoms with Gasteiger partial charge >= 0.3 is 6.09 Å². The monoisotopic (exact) mass is 311 g/mol. The lowest BCUT2D eigenvalue weighted by molar-refractivity contribution is -0.139. The minimum atomic E-state index is -0.766. The molecule has 0 aromatic carbocycles. The minimum absolute atomic E-state index is 0.0592. The largest absolute Gasteiger partial charge is 0.444 e. The van der Waals surface area contributed by atoms with E-state index in [9.17, 15) is 9.59 Å². The van der Waals surface area contributed by atoms with Gasteiger partial charge in [0.15, 0.2) is 0 Å². The molecule has 1 N–H and O–H groups in total. The number of rotatable bonds is 2. The topological polar surface area (TPSA) is 61.9 Å². The lowest BCUT2D eigenvalue weighted by Gasteiger charge is -2.39. The quantitative estimate of drug-likeness (QED) is 0.841. The summed E-state index contributed by atoms with van der Waals surface area (Å²) in [6, 6.07) is 0. The highest BCUT2D eigenvalue weighted by molar-refractivity contribution is 5.90. The Morgan fingerprint density at radius 3 is 2.09 bits per heavy atom. The molecule has 0 aromatic rings. The van der Waals surface area contributed by atoms with Crippen molar-refractivity contribution in [2.24, 2.45) is 0 Å². The highest BCUT2D eigenvalue weighted by Crippen LogP contribution is 2.32. The molecule has 22 heavy (non-hydrogen) atoms. The third-order valence-electron chi connectivity index (χ3n) is 4.40. The summed E-state index contributed by atoms with van der Waals surface area (Å²) >= 11 is 0. The standard InChI is InChI=1S/C16H29N3O3/c1-15(2,3)22-14(21)17-16(7-5-6-8-16)13(20)19-11-9-18(4)10-12-19/h5-12H2,1-4H3,(H,17,21). The molecule has 1 aliphatic carbocycles. The molecule has 1 saturated carbocycles. The van der Waals surface area contributed by atoms with Crippen molar-refractivity contribution < 1.29 is 14.3 Å². The van der Waals surface area contributed by atoms with Crippen LogP contribution in [0.15, 0.2) is 0 Å². The van der Waals surface area contributed by atoms with E-state index in [1.54, 1.807) is 0 Å². The molecule has 1 heterocycles. The van der Waals surface area contributed by atoms with Crippen LogP contribution >= 0.6 is 0 Å². The molecule has 2 amide bonds. The van der Waals surface area contributed by atoms with Gasteiger partial charge in [-0.15, -0.1) is 0 Å². The fourth-order valence-corrected chi connectivity index (χ4v) is 3.18. The number of ether oxygens (including phenoxy) is 1. The Morgan fingerprint density at radius 1 is 1.05 bits per heavy atom. The van der Waals surface area contributed by atoms with E-state index in [0.717, 1.165) is 39.0 Å². The summed E-state index contributed by atoms with van der Waals surface area (Å²) in [6.45, 7) is 8.71. The molecule has 2 aliphatic rings. The van der Waals surface area contributed by atoms with E-state index in [0.29, 0.717) is 12.8 Å². The van der Waals surface area contributed by atoms with Crippen LogP contribution < -0.4 is 5.32 Å². The van der Waals surface area contributed by atoms with Crippen molar-refractivity contribution in [3.63, 3.8) is 0 Å². The first kappa shape index (κ1) is 17.1. The molecule has 0 unspecified atom stereocenters. The Bertz CT molecular complexity index is 417. The first-order valence-electron chi connectivity index (χ1n) is 8.21. The predicted octanol–water partition coefficient (Wildman–Crippen LogP) is 1.60. The van der Waals surface area contributed by atoms with E-state index in [1.165, 1.54) is 0 Å². The number of piperazine rings is 1. The zero-order chi connectivity index (χ0) is 16.4. The fraction of sp³-hybridized carbons (Fsp3) is 0.875. The van der Waals surface area contributed by atoms with Crippen LogP contribution in [-0.4, -0.2) is 66.2 Å². The smallest absolute Gasteiger partial charge is 0.408 e. The van der Waals surface area contributed by atoms with Crippen LogP contribution in [0.5, 0.6) is 0 Å². The third kappa shape index (κ3) is 4.12. The third-order valence-corrected chi connectivity index (χ3v) is 4.40. The SMILES string of the molecule is CN1CCN(C(=O)C2(NC(=O)OC(C)(C)C)CCCC2)CC1. The number of likely N-dealkylation sites (N-methyl/N-ethyl adjacent to an activating group) is 1. The maximum absolute atomic E-state index is 13.0. The summed E-state index contributed by atoms with van der Waals surface area (Å²) < 4.78 is 5.35. The van der Waals surface area contributed by atoms with Crippen molar-refractivity contribution in [2.75, 3.05) is 33.2 Å². The highest BCUT2D eigenvalue weighted by Gasteiger charge is 2.45. The lowest BCUT2D eigenvalue weighted by Crippen LogP contribution is -2.61. The Labute approximate surface area is 133 Å². The second-order valence-corrected chi connectivity index (χ2v) is 7.51. The predicted molar refractivity (Wildman–Crippen MR) is 84.6 cm³/mol. The van der Waals surface area contributed by atoms with Gasteiger partial charge in [-0.3, -0.25) is 4.79 Å². The number of nitrogens with zero attached hydrogens (tertiary/aromatic N) is 2.